The molecule has 12 N–H and O–H groups in total. The van der Waals surface area contributed by atoms with Crippen LogP contribution < -0.4 is 38.9 Å². The number of alkyl halides is 4. The number of ether oxygens (including phenoxy) is 3. The van der Waals surface area contributed by atoms with E-state index in [1.54, 1.807) is 6.07 Å². The van der Waals surface area contributed by atoms with E-state index < -0.39 is 88.8 Å². The Kier molecular flexibility index (Phi) is 34.0. The number of rotatable bonds is 29. The van der Waals surface area contributed by atoms with Gasteiger partial charge >= 0.3 is 18.3 Å². The monoisotopic (exact) mass is 1920 g/mol. The number of aromatic nitrogens is 8. The standard InChI is InChI=1S/C29H36FN5O2.C25H29FN6O4.C25H29FN6O3.C22H23FN6O3/c30-27-19-34(17-20-6-8-22(9-7-20)21-4-2-1-3-5-21)15-13-29(27,12-14-31)35-18-24(28(32)37)25(33-35)16-26(36)23-10-11-23;1-36-24(35)29-23-19(22(28)34)14-32(30-23)25(8-10-27)9-11-31(15-21(25)26)13-16-6-7-18(20(33)12-16)17-4-2-3-5-17;1-35-24(34)29-23-20(22(28)33)15-32(30-23)25(10-12-27)11-13-31(16-21(25)26)14-17-6-8-19(9-7-17)18-4-2-3-5-18;1-3-15-4-6-16(7-5-15)12-28-11-9-22(8-10-24,18(23)14-28)29-13-17(19(25)30)20(27-29)26-21(31)32-2/h6-9,18,21,23,27H,1-5,10-13,15-17,19H2,(H2,32,37);4,6-7,12,14,21,33H,2-3,5,8-9,11,13,15H2,1H3,(H2,28,34)(H,29,30,35);4,6-9,15,21H,2-3,5,10-11,13-14,16H2,1H3,(H2,28,33)(H,29,30,34);1,4-7,13,18H,8-9,11-12,14H2,2H3,(H2,25,30)(H,26,27,31). The Morgan fingerprint density at radius 3 is 1.14 bits per heavy atom. The van der Waals surface area contributed by atoms with Gasteiger partial charge in [0, 0.05) is 120 Å². The average Bonchev–Trinajstić information content (AvgIpc) is 1.59. The van der Waals surface area contributed by atoms with Crippen LogP contribution in [0.2, 0.25) is 0 Å². The summed E-state index contributed by atoms with van der Waals surface area (Å²) in [6.45, 7) is 4.57. The Labute approximate surface area is 808 Å². The van der Waals surface area contributed by atoms with E-state index in [4.69, 9.17) is 29.4 Å². The number of hydrogen-bond acceptors (Lipinski definition) is 24. The van der Waals surface area contributed by atoms with Crippen LogP contribution in [0.5, 0.6) is 5.75 Å². The summed E-state index contributed by atoms with van der Waals surface area (Å²) in [7, 11) is 3.47. The number of amides is 7. The second-order valence-corrected chi connectivity index (χ2v) is 36.9. The molecule has 8 heterocycles. The number of piperidine rings is 4. The number of Topliss-reactive ketones (excluding diaryl/α,β-unsaturated/α-hetero) is 1. The fourth-order valence-corrected chi connectivity index (χ4v) is 19.7. The smallest absolute Gasteiger partial charge is 0.412 e. The van der Waals surface area contributed by atoms with Gasteiger partial charge in [-0.1, -0.05) is 110 Å². The third-order valence-corrected chi connectivity index (χ3v) is 28.0. The number of halogens is 4. The molecule has 8 aliphatic rings. The van der Waals surface area contributed by atoms with Gasteiger partial charge in [-0.2, -0.15) is 41.4 Å². The van der Waals surface area contributed by atoms with E-state index in [0.717, 1.165) is 98.1 Å². The summed E-state index contributed by atoms with van der Waals surface area (Å²) in [5, 5.41) is 72.6. The van der Waals surface area contributed by atoms with Crippen molar-refractivity contribution in [3.05, 3.63) is 200 Å². The lowest BCUT2D eigenvalue weighted by Gasteiger charge is -2.43. The molecule has 8 atom stereocenters. The molecule has 0 spiro atoms. The number of nitrogens with two attached hydrogens (primary N) is 4. The number of hydrogen-bond donors (Lipinski definition) is 8. The van der Waals surface area contributed by atoms with Gasteiger partial charge in [-0.15, -0.1) is 6.42 Å². The van der Waals surface area contributed by atoms with Crippen LogP contribution in [0.4, 0.5) is 49.4 Å². The molecule has 4 aromatic heterocycles. The van der Waals surface area contributed by atoms with Gasteiger partial charge in [-0.25, -0.2) is 31.9 Å². The van der Waals surface area contributed by atoms with Gasteiger partial charge in [0.05, 0.1) is 89.0 Å². The van der Waals surface area contributed by atoms with E-state index in [-0.39, 0.29) is 134 Å². The molecule has 2 saturated carbocycles. The van der Waals surface area contributed by atoms with Crippen molar-refractivity contribution >= 4 is 76.3 Å². The number of aromatic hydroxyl groups is 1. The van der Waals surface area contributed by atoms with E-state index >= 15 is 17.6 Å². The summed E-state index contributed by atoms with van der Waals surface area (Å²) in [5.74, 6) is -0.189. The van der Waals surface area contributed by atoms with Crippen molar-refractivity contribution in [3.8, 4) is 42.4 Å². The second kappa shape index (κ2) is 46.3. The predicted molar refractivity (Wildman–Crippen MR) is 509 cm³/mol. The number of nitrogens with one attached hydrogen (secondary N) is 3. The van der Waals surface area contributed by atoms with Crippen LogP contribution in [0.25, 0.3) is 11.1 Å². The predicted octanol–water partition coefficient (Wildman–Crippen LogP) is 13.3. The number of primary amides is 4. The van der Waals surface area contributed by atoms with Crippen molar-refractivity contribution in [3.63, 3.8) is 0 Å². The molecule has 4 aliphatic heterocycles. The van der Waals surface area contributed by atoms with Crippen molar-refractivity contribution in [1.29, 1.82) is 21.0 Å². The lowest BCUT2D eigenvalue weighted by molar-refractivity contribution is -0.119. The number of phenolic OH excluding ortho intramolecular Hbond substituents is 1. The zero-order valence-corrected chi connectivity index (χ0v) is 78.6. The maximum atomic E-state index is 15.9. The fraction of sp³-hybridized carbons (Fsp3) is 0.465. The van der Waals surface area contributed by atoms with E-state index in [1.165, 1.54) is 106 Å². The van der Waals surface area contributed by atoms with Gasteiger partial charge in [0.25, 0.3) is 23.6 Å². The number of carbonyl (C=O) groups is 8. The van der Waals surface area contributed by atoms with Crippen molar-refractivity contribution in [2.45, 2.75) is 220 Å². The third kappa shape index (κ3) is 24.0. The highest BCUT2D eigenvalue weighted by atomic mass is 19.1. The molecule has 7 amide bonds. The third-order valence-electron chi connectivity index (χ3n) is 28.0. The lowest BCUT2D eigenvalue weighted by Crippen LogP contribution is -2.54. The van der Waals surface area contributed by atoms with Crippen LogP contribution in [0.1, 0.15) is 232 Å². The van der Waals surface area contributed by atoms with Crippen LogP contribution >= 0.6 is 0 Å². The number of phenols is 1. The summed E-state index contributed by atoms with van der Waals surface area (Å²) in [6.07, 6.45) is 22.0. The molecule has 4 aromatic carbocycles. The Morgan fingerprint density at radius 1 is 0.457 bits per heavy atom. The number of ketones is 1. The molecule has 39 heteroatoms. The summed E-state index contributed by atoms with van der Waals surface area (Å²) < 4.78 is 81.9. The van der Waals surface area contributed by atoms with Crippen molar-refractivity contribution in [1.82, 2.24) is 58.7 Å². The zero-order chi connectivity index (χ0) is 100. The minimum Gasteiger partial charge on any atom is -0.507 e. The van der Waals surface area contributed by atoms with E-state index in [0.29, 0.717) is 71.1 Å². The van der Waals surface area contributed by atoms with Crippen LogP contribution in [0.3, 0.4) is 0 Å². The molecule has 8 aromatic rings. The van der Waals surface area contributed by atoms with Crippen molar-refractivity contribution in [2.24, 2.45) is 28.9 Å². The highest BCUT2D eigenvalue weighted by Gasteiger charge is 2.52. The Hall–Kier alpha value is -14.6. The molecule has 4 saturated heterocycles. The quantitative estimate of drug-likeness (QED) is 0.0123. The van der Waals surface area contributed by atoms with Crippen LogP contribution in [-0.4, -0.2) is 210 Å². The van der Waals surface area contributed by atoms with Crippen LogP contribution in [0, 0.1) is 63.6 Å². The number of nitrogens with zero attached hydrogens (tertiary/aromatic N) is 16. The zero-order valence-electron chi connectivity index (χ0n) is 78.6. The van der Waals surface area contributed by atoms with Crippen LogP contribution in [0.15, 0.2) is 128 Å². The largest absolute Gasteiger partial charge is 0.507 e. The molecule has 8 unspecified atom stereocenters. The molecule has 6 fully saturated rings. The number of likely N-dealkylation sites (tertiary alicyclic amines) is 4. The number of methoxy groups -OCH3 is 3. The lowest BCUT2D eigenvalue weighted by atomic mass is 9.82. The van der Waals surface area contributed by atoms with Crippen molar-refractivity contribution in [2.75, 3.05) is 89.6 Å². The Morgan fingerprint density at radius 2 is 0.807 bits per heavy atom. The number of nitriles is 4. The molecule has 736 valence electrons. The maximum Gasteiger partial charge on any atom is 0.412 e. The number of allylic oxidation sites excluding steroid dienone is 4. The van der Waals surface area contributed by atoms with Crippen molar-refractivity contribution < 1.29 is 75.2 Å². The van der Waals surface area contributed by atoms with E-state index in [2.05, 4.69) is 134 Å². The Balaban J connectivity index is 0.000000157. The molecular weight excluding hydrogens is 1800 g/mol. The SMILES string of the molecule is C#Cc1ccc(CN2CCC(CC#N)(n3cc(C(N)=O)c(NC(=O)OC)n3)C(F)C2)cc1.COC(=O)Nc1nn(C2(CC#N)CCN(Cc3ccc(C4=CCCC4)c(O)c3)CC2F)cc1C(N)=O.COC(=O)Nc1nn(C2(CC#N)CCN(Cc3ccc(C4=CCCC4)cc3)CC2F)cc1C(N)=O.N#CCC1(n2cc(C(N)=O)c(CC(=O)C3CC3)n2)CCN(Cc2ccc(C3CCCCC3)cc2)CC1F. The number of carbonyl (C=O) groups excluding carboxylic acids is 8. The Bertz CT molecular complexity index is 6130. The minimum absolute atomic E-state index is 0.0124. The molecule has 0 bridgehead atoms. The number of benzene rings is 4. The normalized spacial score (nSPS) is 22.6. The second-order valence-electron chi connectivity index (χ2n) is 36.9. The van der Waals surface area contributed by atoms with Crippen LogP contribution in [-0.2, 0) is 73.8 Å². The van der Waals surface area contributed by atoms with Gasteiger partial charge in [-0.3, -0.25) is 78.2 Å². The summed E-state index contributed by atoms with van der Waals surface area (Å²) in [6, 6.07) is 38.4. The van der Waals surface area contributed by atoms with E-state index in [1.807, 2.05) is 63.2 Å². The first kappa shape index (κ1) is 103. The molecule has 35 nitrogen and oxygen atoms in total. The molecule has 140 heavy (non-hydrogen) atoms. The maximum absolute atomic E-state index is 15.9. The first-order valence-electron chi connectivity index (χ1n) is 46.9. The molecule has 16 rings (SSSR count). The summed E-state index contributed by atoms with van der Waals surface area (Å²) in [4.78, 5) is 103. The first-order chi connectivity index (χ1) is 67.3. The molecular formula is C101H117F4N23O12. The van der Waals surface area contributed by atoms with Gasteiger partial charge in [0.15, 0.2) is 17.5 Å². The number of anilines is 3. The summed E-state index contributed by atoms with van der Waals surface area (Å²) in [5.41, 5.74) is 27.7. The topological polar surface area (TPSA) is 504 Å². The fourth-order valence-electron chi connectivity index (χ4n) is 19.7. The average molecular weight is 1920 g/mol. The van der Waals surface area contributed by atoms with Gasteiger partial charge in [0.1, 0.15) is 75.1 Å². The number of terminal acetylenes is 1. The van der Waals surface area contributed by atoms with Gasteiger partial charge in [0.2, 0.25) is 0 Å². The first-order valence-corrected chi connectivity index (χ1v) is 46.9. The minimum atomic E-state index is -1.51. The van der Waals surface area contributed by atoms with E-state index in [9.17, 15) is 64.5 Å². The molecule has 0 radical (unpaired) electrons. The highest BCUT2D eigenvalue weighted by Crippen LogP contribution is 2.45. The van der Waals surface area contributed by atoms with Gasteiger partial charge in [-0.05, 0) is 159 Å². The summed E-state index contributed by atoms with van der Waals surface area (Å²) >= 11 is 0. The van der Waals surface area contributed by atoms with Gasteiger partial charge < -0.3 is 42.3 Å². The highest BCUT2D eigenvalue weighted by molar-refractivity contribution is 6.02. The molecule has 4 aliphatic carbocycles.